The van der Waals surface area contributed by atoms with E-state index in [1.165, 1.54) is 83.5 Å². The van der Waals surface area contributed by atoms with E-state index in [9.17, 15) is 5.26 Å². The van der Waals surface area contributed by atoms with Gasteiger partial charge in [-0.3, -0.25) is 0 Å². The maximum absolute atomic E-state index is 9.53. The first kappa shape index (κ1) is 15.9. The first-order chi connectivity index (χ1) is 9.83. The Labute approximate surface area is 126 Å². The van der Waals surface area contributed by atoms with Crippen LogP contribution in [-0.2, 0) is 0 Å². The normalized spacial score (nSPS) is 29.8. The summed E-state index contributed by atoms with van der Waals surface area (Å²) in [6.45, 7) is 2.30. The number of hydrogen-bond donors (Lipinski definition) is 0. The molecule has 2 aliphatic rings. The monoisotopic (exact) mass is 275 g/mol. The molecule has 0 bridgehead atoms. The van der Waals surface area contributed by atoms with Gasteiger partial charge in [0.25, 0.3) is 0 Å². The summed E-state index contributed by atoms with van der Waals surface area (Å²) < 4.78 is 0. The van der Waals surface area contributed by atoms with Crippen molar-refractivity contribution in [1.82, 2.24) is 0 Å². The average Bonchev–Trinajstić information content (AvgIpc) is 2.51. The van der Waals surface area contributed by atoms with Crippen molar-refractivity contribution in [2.45, 2.75) is 90.4 Å². The lowest BCUT2D eigenvalue weighted by Crippen LogP contribution is -2.22. The van der Waals surface area contributed by atoms with Crippen LogP contribution in [0.1, 0.15) is 90.4 Å². The molecule has 0 aliphatic heterocycles. The molecule has 20 heavy (non-hydrogen) atoms. The van der Waals surface area contributed by atoms with E-state index in [2.05, 4.69) is 13.0 Å². The highest BCUT2D eigenvalue weighted by Crippen LogP contribution is 2.38. The van der Waals surface area contributed by atoms with Gasteiger partial charge in [-0.05, 0) is 43.4 Å². The molecular formula is C19H33N. The third-order valence-corrected chi connectivity index (χ3v) is 5.93. The van der Waals surface area contributed by atoms with Gasteiger partial charge in [-0.1, -0.05) is 64.7 Å². The fourth-order valence-electron chi connectivity index (χ4n) is 4.58. The van der Waals surface area contributed by atoms with Crippen LogP contribution in [0.4, 0.5) is 0 Å². The van der Waals surface area contributed by atoms with Gasteiger partial charge in [-0.2, -0.15) is 5.26 Å². The molecule has 2 saturated carbocycles. The molecule has 2 aliphatic carbocycles. The van der Waals surface area contributed by atoms with Gasteiger partial charge in [0.1, 0.15) is 0 Å². The predicted octanol–water partition coefficient (Wildman–Crippen LogP) is 6.09. The predicted molar refractivity (Wildman–Crippen MR) is 85.3 cm³/mol. The minimum Gasteiger partial charge on any atom is -0.198 e. The summed E-state index contributed by atoms with van der Waals surface area (Å²) in [5.41, 5.74) is 0. The second-order valence-corrected chi connectivity index (χ2v) is 7.39. The van der Waals surface area contributed by atoms with Crippen LogP contribution in [0, 0.1) is 35.0 Å². The van der Waals surface area contributed by atoms with Crippen molar-refractivity contribution in [2.24, 2.45) is 23.7 Å². The lowest BCUT2D eigenvalue weighted by Gasteiger charge is -2.32. The highest BCUT2D eigenvalue weighted by atomic mass is 14.4. The average molecular weight is 275 g/mol. The summed E-state index contributed by atoms with van der Waals surface area (Å²) in [5, 5.41) is 9.53. The zero-order chi connectivity index (χ0) is 14.2. The van der Waals surface area contributed by atoms with E-state index < -0.39 is 0 Å². The van der Waals surface area contributed by atoms with E-state index in [1.54, 1.807) is 0 Å². The van der Waals surface area contributed by atoms with Crippen molar-refractivity contribution in [3.63, 3.8) is 0 Å². The van der Waals surface area contributed by atoms with Crippen molar-refractivity contribution >= 4 is 0 Å². The Balaban J connectivity index is 1.70. The minimum atomic E-state index is 0.361. The second kappa shape index (κ2) is 8.71. The molecule has 0 spiro atoms. The van der Waals surface area contributed by atoms with Crippen LogP contribution in [0.25, 0.3) is 0 Å². The SMILES string of the molecule is CCCC1CCC(C(C#N)CCC2CCCCC2)CC1. The van der Waals surface area contributed by atoms with Gasteiger partial charge in [0.15, 0.2) is 0 Å². The quantitative estimate of drug-likeness (QED) is 0.575. The molecule has 2 rings (SSSR count). The Morgan fingerprint density at radius 2 is 1.55 bits per heavy atom. The molecule has 0 heterocycles. The Morgan fingerprint density at radius 1 is 0.900 bits per heavy atom. The molecular weight excluding hydrogens is 242 g/mol. The molecule has 114 valence electrons. The minimum absolute atomic E-state index is 0.361. The fourth-order valence-corrected chi connectivity index (χ4v) is 4.58. The highest BCUT2D eigenvalue weighted by molar-refractivity contribution is 4.91. The lowest BCUT2D eigenvalue weighted by atomic mass is 9.73. The van der Waals surface area contributed by atoms with Gasteiger partial charge < -0.3 is 0 Å². The summed E-state index contributed by atoms with van der Waals surface area (Å²) in [7, 11) is 0. The van der Waals surface area contributed by atoms with Crippen LogP contribution < -0.4 is 0 Å². The molecule has 0 saturated heterocycles. The van der Waals surface area contributed by atoms with E-state index >= 15 is 0 Å². The molecule has 0 amide bonds. The lowest BCUT2D eigenvalue weighted by molar-refractivity contribution is 0.206. The molecule has 1 nitrogen and oxygen atoms in total. The topological polar surface area (TPSA) is 23.8 Å². The molecule has 0 radical (unpaired) electrons. The number of hydrogen-bond acceptors (Lipinski definition) is 1. The molecule has 1 atom stereocenters. The maximum atomic E-state index is 9.53. The summed E-state index contributed by atoms with van der Waals surface area (Å²) >= 11 is 0. The van der Waals surface area contributed by atoms with Gasteiger partial charge in [0.05, 0.1) is 6.07 Å². The van der Waals surface area contributed by atoms with Crippen LogP contribution in [-0.4, -0.2) is 0 Å². The van der Waals surface area contributed by atoms with Gasteiger partial charge in [-0.15, -0.1) is 0 Å². The van der Waals surface area contributed by atoms with Crippen LogP contribution in [0.3, 0.4) is 0 Å². The maximum Gasteiger partial charge on any atom is 0.0658 e. The van der Waals surface area contributed by atoms with Crippen molar-refractivity contribution in [3.8, 4) is 6.07 Å². The van der Waals surface area contributed by atoms with E-state index in [-0.39, 0.29) is 0 Å². The summed E-state index contributed by atoms with van der Waals surface area (Å²) in [4.78, 5) is 0. The molecule has 0 N–H and O–H groups in total. The smallest absolute Gasteiger partial charge is 0.0658 e. The van der Waals surface area contributed by atoms with Gasteiger partial charge in [0, 0.05) is 5.92 Å². The van der Waals surface area contributed by atoms with Crippen LogP contribution in [0.15, 0.2) is 0 Å². The number of nitriles is 1. The largest absolute Gasteiger partial charge is 0.198 e. The van der Waals surface area contributed by atoms with Crippen molar-refractivity contribution in [1.29, 1.82) is 5.26 Å². The van der Waals surface area contributed by atoms with Gasteiger partial charge >= 0.3 is 0 Å². The summed E-state index contributed by atoms with van der Waals surface area (Å²) in [6.07, 6.45) is 17.9. The van der Waals surface area contributed by atoms with Gasteiger partial charge in [-0.25, -0.2) is 0 Å². The van der Waals surface area contributed by atoms with E-state index in [0.717, 1.165) is 17.8 Å². The van der Waals surface area contributed by atoms with E-state index in [0.29, 0.717) is 5.92 Å². The fraction of sp³-hybridized carbons (Fsp3) is 0.947. The van der Waals surface area contributed by atoms with E-state index in [1.807, 2.05) is 0 Å². The van der Waals surface area contributed by atoms with Crippen molar-refractivity contribution in [3.05, 3.63) is 0 Å². The third kappa shape index (κ3) is 4.80. The number of rotatable bonds is 6. The van der Waals surface area contributed by atoms with Crippen LogP contribution >= 0.6 is 0 Å². The standard InChI is InChI=1S/C19H33N/c1-2-6-16-9-12-18(13-10-16)19(15-20)14-11-17-7-4-3-5-8-17/h16-19H,2-14H2,1H3. The first-order valence-electron chi connectivity index (χ1n) is 9.23. The zero-order valence-corrected chi connectivity index (χ0v) is 13.4. The molecule has 1 heteroatoms. The molecule has 1 unspecified atom stereocenters. The Morgan fingerprint density at radius 3 is 2.15 bits per heavy atom. The zero-order valence-electron chi connectivity index (χ0n) is 13.4. The Kier molecular flexibility index (Phi) is 6.91. The summed E-state index contributed by atoms with van der Waals surface area (Å²) in [5.74, 6) is 2.99. The van der Waals surface area contributed by atoms with Crippen LogP contribution in [0.2, 0.25) is 0 Å². The third-order valence-electron chi connectivity index (χ3n) is 5.93. The Hall–Kier alpha value is -0.510. The van der Waals surface area contributed by atoms with Crippen molar-refractivity contribution < 1.29 is 0 Å². The second-order valence-electron chi connectivity index (χ2n) is 7.39. The number of nitrogens with zero attached hydrogens (tertiary/aromatic N) is 1. The molecule has 0 aromatic heterocycles. The molecule has 0 aromatic carbocycles. The highest BCUT2D eigenvalue weighted by Gasteiger charge is 2.27. The summed E-state index contributed by atoms with van der Waals surface area (Å²) in [6, 6.07) is 2.66. The van der Waals surface area contributed by atoms with Crippen LogP contribution in [0.5, 0.6) is 0 Å². The first-order valence-corrected chi connectivity index (χ1v) is 9.23. The molecule has 0 aromatic rings. The molecule has 2 fully saturated rings. The van der Waals surface area contributed by atoms with Gasteiger partial charge in [0.2, 0.25) is 0 Å². The Bertz CT molecular complexity index is 289. The van der Waals surface area contributed by atoms with E-state index in [4.69, 9.17) is 0 Å². The van der Waals surface area contributed by atoms with Crippen molar-refractivity contribution in [2.75, 3.05) is 0 Å².